The molecule has 3 nitrogen and oxygen atoms in total. The van der Waals surface area contributed by atoms with Crippen LogP contribution in [-0.2, 0) is 0 Å². The van der Waals surface area contributed by atoms with E-state index < -0.39 is 0 Å². The summed E-state index contributed by atoms with van der Waals surface area (Å²) in [6, 6.07) is 10.6. The monoisotopic (exact) mass is 310 g/mol. The first-order chi connectivity index (χ1) is 11.0. The second kappa shape index (κ2) is 6.31. The minimum Gasteiger partial charge on any atom is -0.333 e. The van der Waals surface area contributed by atoms with E-state index in [1.54, 1.807) is 0 Å². The summed E-state index contributed by atoms with van der Waals surface area (Å²) >= 11 is 0. The lowest BCUT2D eigenvalue weighted by Crippen LogP contribution is -2.43. The quantitative estimate of drug-likeness (QED) is 0.809. The number of hydrogen-bond acceptors (Lipinski definition) is 2. The molecule has 1 heterocycles. The summed E-state index contributed by atoms with van der Waals surface area (Å²) < 4.78 is 0. The number of hydrogen-bond donors (Lipinski definition) is 0. The number of carbonyl (C=O) groups is 1. The van der Waals surface area contributed by atoms with Gasteiger partial charge in [-0.1, -0.05) is 38.5 Å². The van der Waals surface area contributed by atoms with Crippen molar-refractivity contribution in [3.8, 4) is 0 Å². The van der Waals surface area contributed by atoms with Crippen LogP contribution in [0.3, 0.4) is 0 Å². The predicted molar refractivity (Wildman–Crippen MR) is 94.6 cm³/mol. The molecule has 2 atom stereocenters. The van der Waals surface area contributed by atoms with Gasteiger partial charge in [-0.2, -0.15) is 0 Å². The number of carbonyl (C=O) groups excluding carboxylic acids is 1. The summed E-state index contributed by atoms with van der Waals surface area (Å²) in [5.41, 5.74) is 2.61. The zero-order valence-corrected chi connectivity index (χ0v) is 14.5. The SMILES string of the molecule is CCC(C)C(C)N(C(=O)c1cc(C)nc2ccccc12)C1CC1. The van der Waals surface area contributed by atoms with E-state index in [1.807, 2.05) is 37.3 Å². The Morgan fingerprint density at radius 2 is 2.00 bits per heavy atom. The van der Waals surface area contributed by atoms with E-state index in [4.69, 9.17) is 0 Å². The minimum atomic E-state index is 0.169. The van der Waals surface area contributed by atoms with Crippen molar-refractivity contribution in [2.45, 2.75) is 59.0 Å². The standard InChI is InChI=1S/C20H26N2O/c1-5-13(2)15(4)22(16-10-11-16)20(23)18-12-14(3)21-19-9-7-6-8-17(18)19/h6-9,12-13,15-16H,5,10-11H2,1-4H3. The van der Waals surface area contributed by atoms with Crippen molar-refractivity contribution in [3.05, 3.63) is 41.6 Å². The Morgan fingerprint density at radius 1 is 1.30 bits per heavy atom. The summed E-state index contributed by atoms with van der Waals surface area (Å²) in [5, 5.41) is 0.963. The van der Waals surface area contributed by atoms with E-state index >= 15 is 0 Å². The molecule has 0 spiro atoms. The third-order valence-electron chi connectivity index (χ3n) is 5.16. The molecule has 1 aromatic carbocycles. The van der Waals surface area contributed by atoms with Gasteiger partial charge in [0, 0.05) is 23.2 Å². The van der Waals surface area contributed by atoms with Crippen molar-refractivity contribution >= 4 is 16.8 Å². The smallest absolute Gasteiger partial charge is 0.255 e. The first kappa shape index (κ1) is 16.0. The summed E-state index contributed by atoms with van der Waals surface area (Å²) in [6.45, 7) is 8.59. The molecule has 23 heavy (non-hydrogen) atoms. The zero-order valence-electron chi connectivity index (χ0n) is 14.5. The van der Waals surface area contributed by atoms with Crippen molar-refractivity contribution in [1.29, 1.82) is 0 Å². The van der Waals surface area contributed by atoms with E-state index in [0.29, 0.717) is 12.0 Å². The van der Waals surface area contributed by atoms with Crippen LogP contribution in [0.15, 0.2) is 30.3 Å². The maximum absolute atomic E-state index is 13.4. The summed E-state index contributed by atoms with van der Waals surface area (Å²) in [7, 11) is 0. The average Bonchev–Trinajstić information content (AvgIpc) is 3.37. The molecule has 0 N–H and O–H groups in total. The lowest BCUT2D eigenvalue weighted by molar-refractivity contribution is 0.0617. The van der Waals surface area contributed by atoms with Gasteiger partial charge in [0.25, 0.3) is 5.91 Å². The summed E-state index contributed by atoms with van der Waals surface area (Å²) in [5.74, 6) is 0.677. The van der Waals surface area contributed by atoms with Crippen LogP contribution in [0.25, 0.3) is 10.9 Å². The normalized spacial score (nSPS) is 17.0. The number of aromatic nitrogens is 1. The van der Waals surface area contributed by atoms with Crippen molar-refractivity contribution in [2.75, 3.05) is 0 Å². The van der Waals surface area contributed by atoms with Gasteiger partial charge in [0.05, 0.1) is 11.1 Å². The highest BCUT2D eigenvalue weighted by Gasteiger charge is 2.38. The Labute approximate surface area is 138 Å². The van der Waals surface area contributed by atoms with Crippen LogP contribution < -0.4 is 0 Å². The lowest BCUT2D eigenvalue weighted by atomic mass is 9.97. The van der Waals surface area contributed by atoms with Gasteiger partial charge in [-0.15, -0.1) is 0 Å². The third kappa shape index (κ3) is 3.10. The van der Waals surface area contributed by atoms with E-state index in [9.17, 15) is 4.79 Å². The first-order valence-corrected chi connectivity index (χ1v) is 8.72. The molecule has 2 unspecified atom stereocenters. The molecule has 3 rings (SSSR count). The highest BCUT2D eigenvalue weighted by atomic mass is 16.2. The molecule has 1 fully saturated rings. The fourth-order valence-corrected chi connectivity index (χ4v) is 3.28. The summed E-state index contributed by atoms with van der Waals surface area (Å²) in [4.78, 5) is 20.1. The van der Waals surface area contributed by atoms with Crippen LogP contribution >= 0.6 is 0 Å². The molecule has 1 saturated carbocycles. The highest BCUT2D eigenvalue weighted by molar-refractivity contribution is 6.06. The fourth-order valence-electron chi connectivity index (χ4n) is 3.28. The third-order valence-corrected chi connectivity index (χ3v) is 5.16. The summed E-state index contributed by atoms with van der Waals surface area (Å²) in [6.07, 6.45) is 3.36. The Morgan fingerprint density at radius 3 is 2.65 bits per heavy atom. The molecular formula is C20H26N2O. The molecule has 1 aliphatic rings. The van der Waals surface area contributed by atoms with E-state index in [1.165, 1.54) is 0 Å². The van der Waals surface area contributed by atoms with Crippen LogP contribution in [0.1, 0.15) is 56.1 Å². The molecule has 0 bridgehead atoms. The highest BCUT2D eigenvalue weighted by Crippen LogP contribution is 2.34. The van der Waals surface area contributed by atoms with E-state index in [2.05, 4.69) is 30.7 Å². The molecule has 1 aliphatic carbocycles. The first-order valence-electron chi connectivity index (χ1n) is 8.72. The largest absolute Gasteiger partial charge is 0.333 e. The molecule has 0 saturated heterocycles. The van der Waals surface area contributed by atoms with Crippen molar-refractivity contribution < 1.29 is 4.79 Å². The molecular weight excluding hydrogens is 284 g/mol. The number of fused-ring (bicyclic) bond motifs is 1. The van der Waals surface area contributed by atoms with Crippen LogP contribution in [-0.4, -0.2) is 27.9 Å². The second-order valence-corrected chi connectivity index (χ2v) is 6.90. The van der Waals surface area contributed by atoms with Gasteiger partial charge in [0.1, 0.15) is 0 Å². The molecule has 3 heteroatoms. The number of nitrogens with zero attached hydrogens (tertiary/aromatic N) is 2. The molecule has 0 aliphatic heterocycles. The van der Waals surface area contributed by atoms with Crippen LogP contribution in [0.4, 0.5) is 0 Å². The van der Waals surface area contributed by atoms with Gasteiger partial charge in [0.2, 0.25) is 0 Å². The van der Waals surface area contributed by atoms with Crippen LogP contribution in [0.2, 0.25) is 0 Å². The van der Waals surface area contributed by atoms with E-state index in [0.717, 1.165) is 41.4 Å². The maximum atomic E-state index is 13.4. The molecule has 122 valence electrons. The van der Waals surface area contributed by atoms with Gasteiger partial charge in [-0.25, -0.2) is 0 Å². The van der Waals surface area contributed by atoms with Crippen molar-refractivity contribution in [1.82, 2.24) is 9.88 Å². The second-order valence-electron chi connectivity index (χ2n) is 6.90. The maximum Gasteiger partial charge on any atom is 0.255 e. The van der Waals surface area contributed by atoms with E-state index in [-0.39, 0.29) is 11.9 Å². The van der Waals surface area contributed by atoms with Crippen LogP contribution in [0.5, 0.6) is 0 Å². The predicted octanol–water partition coefficient (Wildman–Crippen LogP) is 4.58. The van der Waals surface area contributed by atoms with Crippen molar-refractivity contribution in [3.63, 3.8) is 0 Å². The van der Waals surface area contributed by atoms with Gasteiger partial charge >= 0.3 is 0 Å². The number of para-hydroxylation sites is 1. The van der Waals surface area contributed by atoms with Crippen molar-refractivity contribution in [2.24, 2.45) is 5.92 Å². The lowest BCUT2D eigenvalue weighted by Gasteiger charge is -2.33. The van der Waals surface area contributed by atoms with Gasteiger partial charge in [-0.05, 0) is 44.7 Å². The van der Waals surface area contributed by atoms with Gasteiger partial charge in [0.15, 0.2) is 0 Å². The molecule has 1 aromatic heterocycles. The number of pyridine rings is 1. The Hall–Kier alpha value is -1.90. The zero-order chi connectivity index (χ0) is 16.6. The van der Waals surface area contributed by atoms with Gasteiger partial charge < -0.3 is 4.90 Å². The average molecular weight is 310 g/mol. The van der Waals surface area contributed by atoms with Crippen LogP contribution in [0, 0.1) is 12.8 Å². The Bertz CT molecular complexity index is 721. The number of rotatable bonds is 5. The fraction of sp³-hybridized carbons (Fsp3) is 0.500. The number of benzene rings is 1. The molecule has 1 amide bonds. The number of aryl methyl sites for hydroxylation is 1. The molecule has 0 radical (unpaired) electrons. The molecule has 2 aromatic rings. The Kier molecular flexibility index (Phi) is 4.38. The Balaban J connectivity index is 2.04. The minimum absolute atomic E-state index is 0.169. The number of amides is 1. The van der Waals surface area contributed by atoms with Gasteiger partial charge in [-0.3, -0.25) is 9.78 Å². The topological polar surface area (TPSA) is 33.2 Å².